The number of hydrogen-bond donors (Lipinski definition) is 1. The van der Waals surface area contributed by atoms with E-state index in [-0.39, 0.29) is 0 Å². The fourth-order valence-electron chi connectivity index (χ4n) is 2.30. The summed E-state index contributed by atoms with van der Waals surface area (Å²) in [5.74, 6) is 1.40. The van der Waals surface area contributed by atoms with Gasteiger partial charge in [0.25, 0.3) is 0 Å². The monoisotopic (exact) mass is 264 g/mol. The van der Waals surface area contributed by atoms with Crippen LogP contribution in [0, 0.1) is 0 Å². The van der Waals surface area contributed by atoms with Crippen LogP contribution in [0.15, 0.2) is 12.3 Å². The van der Waals surface area contributed by atoms with Gasteiger partial charge < -0.3 is 15.0 Å². The van der Waals surface area contributed by atoms with Crippen LogP contribution in [-0.2, 0) is 0 Å². The lowest BCUT2D eigenvalue weighted by atomic mass is 10.0. The summed E-state index contributed by atoms with van der Waals surface area (Å²) in [4.78, 5) is 10.9. The van der Waals surface area contributed by atoms with Gasteiger partial charge in [-0.2, -0.15) is 4.98 Å². The largest absolute Gasteiger partial charge is 0.478 e. The molecule has 1 aliphatic heterocycles. The van der Waals surface area contributed by atoms with Crippen molar-refractivity contribution in [2.24, 2.45) is 0 Å². The predicted octanol–water partition coefficient (Wildman–Crippen LogP) is 1.84. The van der Waals surface area contributed by atoms with Gasteiger partial charge in [0.2, 0.25) is 11.8 Å². The normalized spacial score (nSPS) is 19.2. The molecule has 2 rings (SSSR count). The van der Waals surface area contributed by atoms with E-state index < -0.39 is 0 Å². The Bertz CT molecular complexity index is 379. The molecule has 0 saturated carbocycles. The molecule has 1 fully saturated rings. The van der Waals surface area contributed by atoms with Gasteiger partial charge in [-0.15, -0.1) is 0 Å². The molecule has 0 spiro atoms. The first-order valence-electron chi connectivity index (χ1n) is 7.20. The van der Waals surface area contributed by atoms with Crippen molar-refractivity contribution in [3.05, 3.63) is 12.3 Å². The molecule has 1 aromatic rings. The molecule has 2 heterocycles. The van der Waals surface area contributed by atoms with Crippen molar-refractivity contribution in [3.63, 3.8) is 0 Å². The number of piperidine rings is 1. The van der Waals surface area contributed by atoms with E-state index in [4.69, 9.17) is 4.74 Å². The average Bonchev–Trinajstić information content (AvgIpc) is 2.46. The molecule has 5 heteroatoms. The molecular formula is C14H24N4O. The third-order valence-electron chi connectivity index (χ3n) is 3.32. The highest BCUT2D eigenvalue weighted by molar-refractivity contribution is 5.31. The number of nitrogens with zero attached hydrogens (tertiary/aromatic N) is 3. The van der Waals surface area contributed by atoms with Gasteiger partial charge in [0.05, 0.1) is 6.61 Å². The Balaban J connectivity index is 1.91. The molecule has 0 aliphatic carbocycles. The number of anilines is 1. The van der Waals surface area contributed by atoms with Gasteiger partial charge in [-0.25, -0.2) is 4.98 Å². The van der Waals surface area contributed by atoms with E-state index in [1.165, 1.54) is 19.3 Å². The Hall–Kier alpha value is -1.36. The molecule has 0 amide bonds. The molecule has 106 valence electrons. The summed E-state index contributed by atoms with van der Waals surface area (Å²) < 4.78 is 5.54. The van der Waals surface area contributed by atoms with Crippen molar-refractivity contribution in [2.75, 3.05) is 31.6 Å². The van der Waals surface area contributed by atoms with Crippen LogP contribution in [0.4, 0.5) is 5.95 Å². The van der Waals surface area contributed by atoms with Crippen LogP contribution in [0.2, 0.25) is 0 Å². The minimum atomic E-state index is 0.544. The van der Waals surface area contributed by atoms with E-state index in [1.54, 1.807) is 6.20 Å². The second-order valence-electron chi connectivity index (χ2n) is 5.07. The van der Waals surface area contributed by atoms with Gasteiger partial charge >= 0.3 is 0 Å². The zero-order chi connectivity index (χ0) is 13.5. The SMILES string of the molecule is CCCOc1ccnc(N(C)CC2CCCCN2)n1. The molecule has 19 heavy (non-hydrogen) atoms. The minimum absolute atomic E-state index is 0.544. The van der Waals surface area contributed by atoms with Gasteiger partial charge in [0.15, 0.2) is 0 Å². The van der Waals surface area contributed by atoms with Crippen LogP contribution < -0.4 is 15.0 Å². The van der Waals surface area contributed by atoms with E-state index in [2.05, 4.69) is 27.1 Å². The van der Waals surface area contributed by atoms with Gasteiger partial charge in [0, 0.05) is 31.9 Å². The molecule has 1 aliphatic rings. The first-order chi connectivity index (χ1) is 9.29. The average molecular weight is 264 g/mol. The van der Waals surface area contributed by atoms with E-state index in [9.17, 15) is 0 Å². The van der Waals surface area contributed by atoms with Crippen molar-refractivity contribution < 1.29 is 4.74 Å². The highest BCUT2D eigenvalue weighted by atomic mass is 16.5. The summed E-state index contributed by atoms with van der Waals surface area (Å²) in [5, 5.41) is 3.54. The second kappa shape index (κ2) is 7.28. The van der Waals surface area contributed by atoms with Crippen molar-refractivity contribution >= 4 is 5.95 Å². The third-order valence-corrected chi connectivity index (χ3v) is 3.32. The lowest BCUT2D eigenvalue weighted by Gasteiger charge is -2.28. The Labute approximate surface area is 115 Å². The number of likely N-dealkylation sites (N-methyl/N-ethyl adjacent to an activating group) is 1. The summed E-state index contributed by atoms with van der Waals surface area (Å²) in [7, 11) is 2.04. The number of nitrogens with one attached hydrogen (secondary N) is 1. The zero-order valence-corrected chi connectivity index (χ0v) is 11.9. The first-order valence-corrected chi connectivity index (χ1v) is 7.20. The third kappa shape index (κ3) is 4.35. The van der Waals surface area contributed by atoms with E-state index in [0.717, 1.165) is 25.5 Å². The lowest BCUT2D eigenvalue weighted by molar-refractivity contribution is 0.304. The van der Waals surface area contributed by atoms with Crippen molar-refractivity contribution in [1.82, 2.24) is 15.3 Å². The van der Waals surface area contributed by atoms with Crippen molar-refractivity contribution in [2.45, 2.75) is 38.6 Å². The van der Waals surface area contributed by atoms with Crippen molar-refractivity contribution in [1.29, 1.82) is 0 Å². The Kier molecular flexibility index (Phi) is 5.39. The number of aromatic nitrogens is 2. The maximum absolute atomic E-state index is 5.54. The number of rotatable bonds is 6. The fraction of sp³-hybridized carbons (Fsp3) is 0.714. The highest BCUT2D eigenvalue weighted by Crippen LogP contribution is 2.14. The summed E-state index contributed by atoms with van der Waals surface area (Å²) >= 11 is 0. The smallest absolute Gasteiger partial charge is 0.228 e. The van der Waals surface area contributed by atoms with Gasteiger partial charge in [-0.05, 0) is 25.8 Å². The summed E-state index contributed by atoms with van der Waals surface area (Å²) in [6.07, 6.45) is 6.58. The summed E-state index contributed by atoms with van der Waals surface area (Å²) in [5.41, 5.74) is 0. The molecule has 1 atom stereocenters. The van der Waals surface area contributed by atoms with E-state index in [1.807, 2.05) is 13.1 Å². The molecule has 0 aromatic carbocycles. The molecule has 1 unspecified atom stereocenters. The summed E-state index contributed by atoms with van der Waals surface area (Å²) in [6, 6.07) is 2.36. The predicted molar refractivity (Wildman–Crippen MR) is 76.7 cm³/mol. The van der Waals surface area contributed by atoms with Crippen LogP contribution in [0.25, 0.3) is 0 Å². The van der Waals surface area contributed by atoms with Gasteiger partial charge in [-0.1, -0.05) is 13.3 Å². The zero-order valence-electron chi connectivity index (χ0n) is 11.9. The van der Waals surface area contributed by atoms with Crippen molar-refractivity contribution in [3.8, 4) is 5.88 Å². The Morgan fingerprint density at radius 3 is 3.11 bits per heavy atom. The maximum Gasteiger partial charge on any atom is 0.228 e. The van der Waals surface area contributed by atoms with Crippen LogP contribution in [0.1, 0.15) is 32.6 Å². The van der Waals surface area contributed by atoms with Crippen LogP contribution in [0.3, 0.4) is 0 Å². The quantitative estimate of drug-likeness (QED) is 0.849. The van der Waals surface area contributed by atoms with E-state index in [0.29, 0.717) is 18.5 Å². The number of ether oxygens (including phenoxy) is 1. The van der Waals surface area contributed by atoms with Gasteiger partial charge in [-0.3, -0.25) is 0 Å². The lowest BCUT2D eigenvalue weighted by Crippen LogP contribution is -2.42. The molecular weight excluding hydrogens is 240 g/mol. The van der Waals surface area contributed by atoms with Gasteiger partial charge in [0.1, 0.15) is 0 Å². The number of hydrogen-bond acceptors (Lipinski definition) is 5. The maximum atomic E-state index is 5.54. The molecule has 1 N–H and O–H groups in total. The summed E-state index contributed by atoms with van der Waals surface area (Å²) in [6.45, 7) is 4.85. The molecule has 1 aromatic heterocycles. The Morgan fingerprint density at radius 1 is 1.47 bits per heavy atom. The first kappa shape index (κ1) is 14.1. The van der Waals surface area contributed by atoms with Crippen LogP contribution in [-0.4, -0.2) is 42.8 Å². The second-order valence-corrected chi connectivity index (χ2v) is 5.07. The fourth-order valence-corrected chi connectivity index (χ4v) is 2.30. The molecule has 0 radical (unpaired) electrons. The standard InChI is InChI=1S/C14H24N4O/c1-3-10-19-13-7-9-16-14(17-13)18(2)11-12-6-4-5-8-15-12/h7,9,12,15H,3-6,8,10-11H2,1-2H3. The molecule has 0 bridgehead atoms. The minimum Gasteiger partial charge on any atom is -0.478 e. The Morgan fingerprint density at radius 2 is 2.37 bits per heavy atom. The molecule has 1 saturated heterocycles. The topological polar surface area (TPSA) is 50.3 Å². The molecule has 5 nitrogen and oxygen atoms in total. The van der Waals surface area contributed by atoms with Crippen LogP contribution in [0.5, 0.6) is 5.88 Å². The van der Waals surface area contributed by atoms with Crippen LogP contribution >= 0.6 is 0 Å². The van der Waals surface area contributed by atoms with E-state index >= 15 is 0 Å². The highest BCUT2D eigenvalue weighted by Gasteiger charge is 2.16.